The minimum atomic E-state index is -0.274. The van der Waals surface area contributed by atoms with E-state index >= 15 is 0 Å². The van der Waals surface area contributed by atoms with Crippen LogP contribution in [0, 0.1) is 0 Å². The van der Waals surface area contributed by atoms with Gasteiger partial charge in [-0.3, -0.25) is 4.79 Å². The molecule has 0 spiro atoms. The largest absolute Gasteiger partial charge is 0.368 e. The molecule has 3 rings (SSSR count). The molecule has 0 saturated carbocycles. The fourth-order valence-corrected chi connectivity index (χ4v) is 2.94. The number of carbonyl (C=O) groups is 2. The maximum Gasteiger partial charge on any atom is 0.317 e. The highest BCUT2D eigenvalue weighted by atomic mass is 35.5. The SMILES string of the molecule is O=C(CNC(=O)N1CCN(c2ccccc2)CC1)Nc1ccc(Cl)cc1. The summed E-state index contributed by atoms with van der Waals surface area (Å²) in [6.45, 7) is 2.72. The van der Waals surface area contributed by atoms with Crippen LogP contribution in [0.25, 0.3) is 0 Å². The van der Waals surface area contributed by atoms with Crippen LogP contribution in [0.5, 0.6) is 0 Å². The highest BCUT2D eigenvalue weighted by Crippen LogP contribution is 2.15. The topological polar surface area (TPSA) is 64.7 Å². The first-order valence-electron chi connectivity index (χ1n) is 8.50. The number of halogens is 1. The molecule has 2 aromatic rings. The highest BCUT2D eigenvalue weighted by molar-refractivity contribution is 6.30. The van der Waals surface area contributed by atoms with Gasteiger partial charge in [0, 0.05) is 42.6 Å². The van der Waals surface area contributed by atoms with E-state index in [9.17, 15) is 9.59 Å². The second kappa shape index (κ2) is 8.58. The molecule has 1 aliphatic rings. The summed E-state index contributed by atoms with van der Waals surface area (Å²) in [5.41, 5.74) is 1.81. The van der Waals surface area contributed by atoms with Gasteiger partial charge in [0.2, 0.25) is 5.91 Å². The molecular weight excluding hydrogens is 352 g/mol. The third-order valence-electron chi connectivity index (χ3n) is 4.22. The Kier molecular flexibility index (Phi) is 5.96. The minimum Gasteiger partial charge on any atom is -0.368 e. The Balaban J connectivity index is 1.41. The molecule has 1 fully saturated rings. The minimum absolute atomic E-state index is 0.0691. The number of hydrogen-bond donors (Lipinski definition) is 2. The van der Waals surface area contributed by atoms with Crippen molar-refractivity contribution in [2.45, 2.75) is 0 Å². The van der Waals surface area contributed by atoms with Crippen LogP contribution in [0.15, 0.2) is 54.6 Å². The molecule has 2 N–H and O–H groups in total. The monoisotopic (exact) mass is 372 g/mol. The molecule has 0 radical (unpaired) electrons. The first kappa shape index (κ1) is 18.1. The number of carbonyl (C=O) groups excluding carboxylic acids is 2. The fraction of sp³-hybridized carbons (Fsp3) is 0.263. The zero-order chi connectivity index (χ0) is 18.4. The summed E-state index contributed by atoms with van der Waals surface area (Å²) >= 11 is 5.81. The fourth-order valence-electron chi connectivity index (χ4n) is 2.81. The molecule has 1 aliphatic heterocycles. The van der Waals surface area contributed by atoms with Gasteiger partial charge in [0.25, 0.3) is 0 Å². The van der Waals surface area contributed by atoms with Crippen molar-refractivity contribution in [1.82, 2.24) is 10.2 Å². The maximum atomic E-state index is 12.2. The Labute approximate surface area is 157 Å². The van der Waals surface area contributed by atoms with Crippen molar-refractivity contribution in [2.24, 2.45) is 0 Å². The van der Waals surface area contributed by atoms with Crippen molar-refractivity contribution >= 4 is 34.9 Å². The Hall–Kier alpha value is -2.73. The molecule has 0 aliphatic carbocycles. The molecule has 3 amide bonds. The summed E-state index contributed by atoms with van der Waals surface area (Å²) in [6, 6.07) is 16.7. The molecule has 0 unspecified atom stereocenters. The van der Waals surface area contributed by atoms with Crippen LogP contribution in [0.2, 0.25) is 5.02 Å². The second-order valence-corrected chi connectivity index (χ2v) is 6.46. The van der Waals surface area contributed by atoms with Crippen molar-refractivity contribution < 1.29 is 9.59 Å². The number of anilines is 2. The van der Waals surface area contributed by atoms with E-state index in [1.807, 2.05) is 18.2 Å². The van der Waals surface area contributed by atoms with Crippen molar-refractivity contribution in [3.05, 3.63) is 59.6 Å². The molecule has 136 valence electrons. The van der Waals surface area contributed by atoms with Crippen LogP contribution in [0.1, 0.15) is 0 Å². The molecule has 2 aromatic carbocycles. The number of piperazine rings is 1. The Morgan fingerprint density at radius 3 is 2.23 bits per heavy atom. The van der Waals surface area contributed by atoms with E-state index < -0.39 is 0 Å². The maximum absolute atomic E-state index is 12.2. The zero-order valence-corrected chi connectivity index (χ0v) is 15.1. The molecule has 1 heterocycles. The van der Waals surface area contributed by atoms with E-state index in [2.05, 4.69) is 27.7 Å². The van der Waals surface area contributed by atoms with Gasteiger partial charge in [-0.2, -0.15) is 0 Å². The summed E-state index contributed by atoms with van der Waals surface area (Å²) < 4.78 is 0. The van der Waals surface area contributed by atoms with E-state index in [1.54, 1.807) is 29.2 Å². The predicted molar refractivity (Wildman–Crippen MR) is 104 cm³/mol. The van der Waals surface area contributed by atoms with E-state index in [-0.39, 0.29) is 18.5 Å². The first-order valence-corrected chi connectivity index (χ1v) is 8.88. The average Bonchev–Trinajstić information content (AvgIpc) is 2.69. The molecular formula is C19H21ClN4O2. The van der Waals surface area contributed by atoms with Gasteiger partial charge in [0.15, 0.2) is 0 Å². The van der Waals surface area contributed by atoms with Crippen LogP contribution in [0.4, 0.5) is 16.2 Å². The lowest BCUT2D eigenvalue weighted by Gasteiger charge is -2.36. The number of rotatable bonds is 4. The van der Waals surface area contributed by atoms with Crippen LogP contribution in [-0.2, 0) is 4.79 Å². The van der Waals surface area contributed by atoms with Crippen molar-refractivity contribution in [1.29, 1.82) is 0 Å². The third-order valence-corrected chi connectivity index (χ3v) is 4.47. The number of hydrogen-bond acceptors (Lipinski definition) is 3. The summed E-state index contributed by atoms with van der Waals surface area (Å²) in [7, 11) is 0. The molecule has 6 nitrogen and oxygen atoms in total. The second-order valence-electron chi connectivity index (χ2n) is 6.02. The molecule has 0 aromatic heterocycles. The van der Waals surface area contributed by atoms with Crippen LogP contribution in [0.3, 0.4) is 0 Å². The van der Waals surface area contributed by atoms with Crippen molar-refractivity contribution in [2.75, 3.05) is 42.9 Å². The number of nitrogens with zero attached hydrogens (tertiary/aromatic N) is 2. The van der Waals surface area contributed by atoms with Gasteiger partial charge < -0.3 is 20.4 Å². The van der Waals surface area contributed by atoms with E-state index in [4.69, 9.17) is 11.6 Å². The van der Waals surface area contributed by atoms with Crippen molar-refractivity contribution in [3.8, 4) is 0 Å². The number of para-hydroxylation sites is 1. The lowest BCUT2D eigenvalue weighted by molar-refractivity contribution is -0.115. The predicted octanol–water partition coefficient (Wildman–Crippen LogP) is 2.81. The Morgan fingerprint density at radius 1 is 0.923 bits per heavy atom. The molecule has 1 saturated heterocycles. The van der Waals surface area contributed by atoms with Crippen LogP contribution >= 0.6 is 11.6 Å². The average molecular weight is 373 g/mol. The summed E-state index contributed by atoms with van der Waals surface area (Å²) in [5.74, 6) is -0.274. The molecule has 0 bridgehead atoms. The summed E-state index contributed by atoms with van der Waals surface area (Å²) in [6.07, 6.45) is 0. The van der Waals surface area contributed by atoms with Gasteiger partial charge in [-0.05, 0) is 36.4 Å². The zero-order valence-electron chi connectivity index (χ0n) is 14.3. The smallest absolute Gasteiger partial charge is 0.317 e. The number of benzene rings is 2. The van der Waals surface area contributed by atoms with E-state index in [0.29, 0.717) is 23.8 Å². The van der Waals surface area contributed by atoms with Crippen LogP contribution < -0.4 is 15.5 Å². The Bertz CT molecular complexity index is 744. The molecule has 7 heteroatoms. The van der Waals surface area contributed by atoms with E-state index in [1.165, 1.54) is 0 Å². The lowest BCUT2D eigenvalue weighted by Crippen LogP contribution is -2.52. The van der Waals surface area contributed by atoms with Gasteiger partial charge in [-0.1, -0.05) is 29.8 Å². The van der Waals surface area contributed by atoms with Crippen LogP contribution in [-0.4, -0.2) is 49.6 Å². The lowest BCUT2D eigenvalue weighted by atomic mass is 10.2. The number of urea groups is 1. The standard InChI is InChI=1S/C19H21ClN4O2/c20-15-6-8-16(9-7-15)22-18(25)14-21-19(26)24-12-10-23(11-13-24)17-4-2-1-3-5-17/h1-9H,10-14H2,(H,21,26)(H,22,25). The van der Waals surface area contributed by atoms with Gasteiger partial charge in [0.1, 0.15) is 0 Å². The van der Waals surface area contributed by atoms with Gasteiger partial charge in [-0.25, -0.2) is 4.79 Å². The molecule has 26 heavy (non-hydrogen) atoms. The number of nitrogens with one attached hydrogen (secondary N) is 2. The first-order chi connectivity index (χ1) is 12.6. The highest BCUT2D eigenvalue weighted by Gasteiger charge is 2.21. The van der Waals surface area contributed by atoms with Gasteiger partial charge in [0.05, 0.1) is 6.54 Å². The van der Waals surface area contributed by atoms with Gasteiger partial charge >= 0.3 is 6.03 Å². The van der Waals surface area contributed by atoms with E-state index in [0.717, 1.165) is 18.8 Å². The molecule has 0 atom stereocenters. The summed E-state index contributed by atoms with van der Waals surface area (Å²) in [5, 5.41) is 5.99. The summed E-state index contributed by atoms with van der Waals surface area (Å²) in [4.78, 5) is 28.2. The normalized spacial score (nSPS) is 14.0. The quantitative estimate of drug-likeness (QED) is 0.867. The Morgan fingerprint density at radius 2 is 1.58 bits per heavy atom. The number of amides is 3. The third kappa shape index (κ3) is 4.89. The van der Waals surface area contributed by atoms with Gasteiger partial charge in [-0.15, -0.1) is 0 Å². The van der Waals surface area contributed by atoms with Crippen molar-refractivity contribution in [3.63, 3.8) is 0 Å².